The second kappa shape index (κ2) is 10.2. The Balaban J connectivity index is 1.67. The first-order valence-corrected chi connectivity index (χ1v) is 10.6. The molecule has 1 fully saturated rings. The van der Waals surface area contributed by atoms with Crippen LogP contribution in [0, 0.1) is 11.3 Å². The lowest BCUT2D eigenvalue weighted by Crippen LogP contribution is -2.44. The summed E-state index contributed by atoms with van der Waals surface area (Å²) in [5.41, 5.74) is 8.08. The van der Waals surface area contributed by atoms with Crippen molar-refractivity contribution >= 4 is 23.6 Å². The first kappa shape index (κ1) is 23.8. The number of nitrogens with one attached hydrogen (secondary N) is 1. The molecule has 0 bridgehead atoms. The molecule has 2 aromatic carbocycles. The number of nitrogen functional groups attached to an aromatic ring is 1. The minimum Gasteiger partial charge on any atom is -0.491 e. The molecule has 1 aliphatic rings. The Morgan fingerprint density at radius 3 is 2.21 bits per heavy atom. The van der Waals surface area contributed by atoms with Gasteiger partial charge in [-0.2, -0.15) is 0 Å². The average Bonchev–Trinajstić information content (AvgIpc) is 3.06. The molecule has 174 valence electrons. The number of likely N-dealkylation sites (N-methyl/N-ethyl adjacent to an activating group) is 1. The molecule has 4 N–H and O–H groups in total. The van der Waals surface area contributed by atoms with Gasteiger partial charge in [-0.25, -0.2) is 0 Å². The number of amides is 2. The van der Waals surface area contributed by atoms with E-state index in [1.54, 1.807) is 26.2 Å². The Hall–Kier alpha value is -3.88. The number of likely N-dealkylation sites (tertiary alicyclic amines) is 1. The number of carboxylic acids is 1. The van der Waals surface area contributed by atoms with Gasteiger partial charge in [-0.15, -0.1) is 0 Å². The second-order valence-electron chi connectivity index (χ2n) is 8.27. The number of carbonyl (C=O) groups excluding carboxylic acids is 2. The number of rotatable bonds is 9. The molecule has 0 radical (unpaired) electrons. The molecule has 9 nitrogen and oxygen atoms in total. The largest absolute Gasteiger partial charge is 0.491 e. The Morgan fingerprint density at radius 1 is 1.12 bits per heavy atom. The topological polar surface area (TPSA) is 137 Å². The molecule has 2 atom stereocenters. The lowest BCUT2D eigenvalue weighted by Gasteiger charge is -2.25. The summed E-state index contributed by atoms with van der Waals surface area (Å²) in [6, 6.07) is 14.4. The minimum absolute atomic E-state index is 0.0163. The first-order chi connectivity index (χ1) is 15.7. The molecule has 0 aromatic heterocycles. The number of hydrogen-bond donors (Lipinski definition) is 3. The summed E-state index contributed by atoms with van der Waals surface area (Å²) in [7, 11) is 3.22. The molecular weight excluding hydrogens is 424 g/mol. The molecule has 0 spiro atoms. The van der Waals surface area contributed by atoms with Crippen LogP contribution in [0.5, 0.6) is 5.75 Å². The molecule has 1 heterocycles. The summed E-state index contributed by atoms with van der Waals surface area (Å²) in [6.45, 7) is 0.0560. The molecule has 33 heavy (non-hydrogen) atoms. The third-order valence-corrected chi connectivity index (χ3v) is 5.68. The van der Waals surface area contributed by atoms with E-state index in [0.717, 1.165) is 11.1 Å². The Labute approximate surface area is 192 Å². The van der Waals surface area contributed by atoms with Crippen LogP contribution in [0.1, 0.15) is 18.4 Å². The van der Waals surface area contributed by atoms with Gasteiger partial charge in [0.2, 0.25) is 11.8 Å². The first-order valence-electron chi connectivity index (χ1n) is 10.6. The van der Waals surface area contributed by atoms with Crippen molar-refractivity contribution in [3.63, 3.8) is 0 Å². The van der Waals surface area contributed by atoms with Crippen LogP contribution in [0.2, 0.25) is 0 Å². The van der Waals surface area contributed by atoms with Gasteiger partial charge in [0.25, 0.3) is 0 Å². The zero-order valence-corrected chi connectivity index (χ0v) is 18.7. The number of ether oxygens (including phenoxy) is 1. The molecule has 0 saturated carbocycles. The van der Waals surface area contributed by atoms with Crippen molar-refractivity contribution in [3.05, 3.63) is 54.1 Å². The molecule has 3 rings (SSSR count). The quantitative estimate of drug-likeness (QED) is 0.392. The average molecular weight is 453 g/mol. The van der Waals surface area contributed by atoms with Gasteiger partial charge in [-0.05, 0) is 29.7 Å². The number of nitrogens with two attached hydrogens (primary N) is 1. The van der Waals surface area contributed by atoms with E-state index in [4.69, 9.17) is 21.0 Å². The summed E-state index contributed by atoms with van der Waals surface area (Å²) in [5.74, 6) is -1.64. The number of carboxylic acid groups (broad SMARTS) is 1. The third kappa shape index (κ3) is 5.88. The van der Waals surface area contributed by atoms with Crippen LogP contribution >= 0.6 is 0 Å². The maximum atomic E-state index is 12.7. The predicted octanol–water partition coefficient (Wildman–Crippen LogP) is 1.80. The fraction of sp³-hybridized carbons (Fsp3) is 0.333. The van der Waals surface area contributed by atoms with Gasteiger partial charge in [0.05, 0.1) is 18.4 Å². The highest BCUT2D eigenvalue weighted by Crippen LogP contribution is 2.29. The van der Waals surface area contributed by atoms with Crippen LogP contribution < -0.4 is 10.5 Å². The zero-order valence-electron chi connectivity index (χ0n) is 18.7. The molecule has 1 aliphatic heterocycles. The molecule has 9 heteroatoms. The molecule has 0 aliphatic carbocycles. The van der Waals surface area contributed by atoms with Crippen molar-refractivity contribution in [2.45, 2.75) is 18.9 Å². The predicted molar refractivity (Wildman–Crippen MR) is 123 cm³/mol. The number of amidine groups is 1. The number of hydrogen-bond acceptors (Lipinski definition) is 5. The smallest absolute Gasteiger partial charge is 0.304 e. The van der Waals surface area contributed by atoms with E-state index in [1.165, 1.54) is 9.80 Å². The van der Waals surface area contributed by atoms with E-state index in [9.17, 15) is 14.4 Å². The minimum atomic E-state index is -1.04. The zero-order chi connectivity index (χ0) is 24.1. The van der Waals surface area contributed by atoms with Gasteiger partial charge >= 0.3 is 5.97 Å². The maximum Gasteiger partial charge on any atom is 0.304 e. The Morgan fingerprint density at radius 2 is 1.70 bits per heavy atom. The van der Waals surface area contributed by atoms with Crippen molar-refractivity contribution < 1.29 is 24.2 Å². The monoisotopic (exact) mass is 452 g/mol. The van der Waals surface area contributed by atoms with Crippen molar-refractivity contribution in [1.29, 1.82) is 5.41 Å². The molecule has 1 saturated heterocycles. The highest BCUT2D eigenvalue weighted by atomic mass is 16.5. The van der Waals surface area contributed by atoms with Gasteiger partial charge in [0.1, 0.15) is 24.7 Å². The second-order valence-corrected chi connectivity index (χ2v) is 8.27. The van der Waals surface area contributed by atoms with Gasteiger partial charge in [0, 0.05) is 19.7 Å². The summed E-state index contributed by atoms with van der Waals surface area (Å²) in [5, 5.41) is 16.6. The fourth-order valence-electron chi connectivity index (χ4n) is 3.78. The SMILES string of the molecule is CN(C)C(=O)CN1C(=O)[C@H](CC(=O)O)C[C@H]1COc1ccc(-c2ccc(C(=N)N)cc2)cc1. The van der Waals surface area contributed by atoms with Crippen molar-refractivity contribution in [2.75, 3.05) is 27.2 Å². The van der Waals surface area contributed by atoms with E-state index < -0.39 is 11.9 Å². The van der Waals surface area contributed by atoms with Gasteiger partial charge in [-0.3, -0.25) is 19.8 Å². The van der Waals surface area contributed by atoms with E-state index in [-0.39, 0.29) is 43.3 Å². The van der Waals surface area contributed by atoms with Gasteiger partial charge in [-0.1, -0.05) is 36.4 Å². The lowest BCUT2D eigenvalue weighted by atomic mass is 10.0. The normalized spacial score (nSPS) is 17.6. The van der Waals surface area contributed by atoms with E-state index in [1.807, 2.05) is 36.4 Å². The highest BCUT2D eigenvalue weighted by molar-refractivity contribution is 5.95. The fourth-order valence-corrected chi connectivity index (χ4v) is 3.78. The van der Waals surface area contributed by atoms with Crippen LogP contribution in [0.15, 0.2) is 48.5 Å². The molecule has 0 unspecified atom stereocenters. The van der Waals surface area contributed by atoms with Crippen LogP contribution in [-0.4, -0.2) is 71.8 Å². The number of carbonyl (C=O) groups is 3. The van der Waals surface area contributed by atoms with Crippen molar-refractivity contribution in [3.8, 4) is 16.9 Å². The molecule has 2 aromatic rings. The summed E-state index contributed by atoms with van der Waals surface area (Å²) in [4.78, 5) is 38.8. The number of aliphatic carboxylic acids is 1. The summed E-state index contributed by atoms with van der Waals surface area (Å²) in [6.07, 6.45) is 0.0610. The van der Waals surface area contributed by atoms with Crippen LogP contribution in [-0.2, 0) is 14.4 Å². The summed E-state index contributed by atoms with van der Waals surface area (Å²) >= 11 is 0. The van der Waals surface area contributed by atoms with Crippen LogP contribution in [0.4, 0.5) is 0 Å². The standard InChI is InChI=1S/C24H28N4O5/c1-27(2)21(29)13-28-19(11-18(24(28)32)12-22(30)31)14-33-20-9-7-16(8-10-20)15-3-5-17(6-4-15)23(25)26/h3-10,18-19H,11-14H2,1-2H3,(H3,25,26)(H,30,31)/t18-,19-/m0/s1. The summed E-state index contributed by atoms with van der Waals surface area (Å²) < 4.78 is 5.89. The van der Waals surface area contributed by atoms with E-state index in [0.29, 0.717) is 17.7 Å². The van der Waals surface area contributed by atoms with E-state index >= 15 is 0 Å². The van der Waals surface area contributed by atoms with Crippen molar-refractivity contribution in [1.82, 2.24) is 9.80 Å². The highest BCUT2D eigenvalue weighted by Gasteiger charge is 2.41. The van der Waals surface area contributed by atoms with Crippen LogP contribution in [0.3, 0.4) is 0 Å². The maximum absolute atomic E-state index is 12.7. The molecular formula is C24H28N4O5. The Kier molecular flexibility index (Phi) is 7.32. The number of benzene rings is 2. The lowest BCUT2D eigenvalue weighted by molar-refractivity contribution is -0.143. The van der Waals surface area contributed by atoms with Gasteiger partial charge in [0.15, 0.2) is 0 Å². The number of nitrogens with zero attached hydrogens (tertiary/aromatic N) is 2. The van der Waals surface area contributed by atoms with Crippen molar-refractivity contribution in [2.24, 2.45) is 11.7 Å². The molecule has 2 amide bonds. The third-order valence-electron chi connectivity index (χ3n) is 5.68. The van der Waals surface area contributed by atoms with Gasteiger partial charge < -0.3 is 25.4 Å². The Bertz CT molecular complexity index is 1030. The van der Waals surface area contributed by atoms with Crippen LogP contribution in [0.25, 0.3) is 11.1 Å². The van der Waals surface area contributed by atoms with E-state index in [2.05, 4.69) is 0 Å².